The van der Waals surface area contributed by atoms with Crippen molar-refractivity contribution in [1.82, 2.24) is 20.3 Å². The molecule has 2 aromatic heterocycles. The van der Waals surface area contributed by atoms with Gasteiger partial charge in [-0.2, -0.15) is 18.3 Å². The van der Waals surface area contributed by atoms with Gasteiger partial charge in [-0.25, -0.2) is 9.07 Å². The Labute approximate surface area is 193 Å². The van der Waals surface area contributed by atoms with E-state index in [1.54, 1.807) is 6.07 Å². The topological polar surface area (TPSA) is 73.0 Å². The molecule has 33 heavy (non-hydrogen) atoms. The standard InChI is InChI=1S/C21H12Cl2F4N4O2/c1-28-20(32)16-17(15-13(22)6-3-7-14(15)23)30-33-18(16)12-9-29-31(19(12)21(25,26)27)11-5-2-4-10(24)8-11/h2-9H,1H3,(H,28,32). The van der Waals surface area contributed by atoms with Gasteiger partial charge in [0.25, 0.3) is 5.91 Å². The van der Waals surface area contributed by atoms with Crippen LogP contribution in [-0.2, 0) is 6.18 Å². The normalized spacial score (nSPS) is 11.6. The Balaban J connectivity index is 2.01. The second-order valence-corrected chi connectivity index (χ2v) is 7.52. The first-order valence-corrected chi connectivity index (χ1v) is 9.96. The van der Waals surface area contributed by atoms with Gasteiger partial charge < -0.3 is 9.84 Å². The Hall–Kier alpha value is -3.37. The number of amides is 1. The molecule has 0 aliphatic heterocycles. The molecule has 12 heteroatoms. The van der Waals surface area contributed by atoms with Crippen LogP contribution in [0.2, 0.25) is 10.0 Å². The van der Waals surface area contributed by atoms with E-state index < -0.39 is 34.9 Å². The molecule has 1 amide bonds. The average molecular weight is 499 g/mol. The predicted octanol–water partition coefficient (Wildman–Crippen LogP) is 6.02. The molecule has 2 heterocycles. The lowest BCUT2D eigenvalue weighted by Crippen LogP contribution is -2.19. The highest BCUT2D eigenvalue weighted by Gasteiger charge is 2.42. The van der Waals surface area contributed by atoms with Crippen LogP contribution in [0.5, 0.6) is 0 Å². The largest absolute Gasteiger partial charge is 0.434 e. The summed E-state index contributed by atoms with van der Waals surface area (Å²) < 4.78 is 61.8. The zero-order valence-electron chi connectivity index (χ0n) is 16.5. The van der Waals surface area contributed by atoms with Crippen LogP contribution in [0.3, 0.4) is 0 Å². The van der Waals surface area contributed by atoms with E-state index >= 15 is 0 Å². The van der Waals surface area contributed by atoms with E-state index in [0.29, 0.717) is 4.68 Å². The molecular formula is C21H12Cl2F4N4O2. The zero-order valence-corrected chi connectivity index (χ0v) is 18.1. The highest BCUT2D eigenvalue weighted by Crippen LogP contribution is 2.43. The summed E-state index contributed by atoms with van der Waals surface area (Å²) in [4.78, 5) is 12.7. The molecule has 0 atom stereocenters. The van der Waals surface area contributed by atoms with Crippen LogP contribution in [0.25, 0.3) is 28.3 Å². The zero-order chi connectivity index (χ0) is 23.9. The molecule has 0 fully saturated rings. The number of aromatic nitrogens is 3. The van der Waals surface area contributed by atoms with E-state index in [9.17, 15) is 22.4 Å². The molecule has 2 aromatic carbocycles. The number of carbonyl (C=O) groups excluding carboxylic acids is 1. The van der Waals surface area contributed by atoms with Gasteiger partial charge in [0, 0.05) is 12.6 Å². The molecule has 0 aliphatic carbocycles. The van der Waals surface area contributed by atoms with Crippen molar-refractivity contribution in [2.24, 2.45) is 0 Å². The number of hydrogen-bond acceptors (Lipinski definition) is 4. The van der Waals surface area contributed by atoms with E-state index in [4.69, 9.17) is 27.7 Å². The lowest BCUT2D eigenvalue weighted by molar-refractivity contribution is -0.142. The number of carbonyl (C=O) groups is 1. The van der Waals surface area contributed by atoms with Crippen molar-refractivity contribution in [1.29, 1.82) is 0 Å². The first-order chi connectivity index (χ1) is 15.6. The highest BCUT2D eigenvalue weighted by atomic mass is 35.5. The van der Waals surface area contributed by atoms with Crippen molar-refractivity contribution in [3.8, 4) is 28.3 Å². The van der Waals surface area contributed by atoms with Gasteiger partial charge in [-0.3, -0.25) is 4.79 Å². The number of nitrogens with zero attached hydrogens (tertiary/aromatic N) is 3. The third-order valence-electron chi connectivity index (χ3n) is 4.68. The van der Waals surface area contributed by atoms with Crippen molar-refractivity contribution in [3.63, 3.8) is 0 Å². The van der Waals surface area contributed by atoms with Crippen molar-refractivity contribution in [3.05, 3.63) is 75.8 Å². The van der Waals surface area contributed by atoms with Crippen LogP contribution in [0.4, 0.5) is 17.6 Å². The summed E-state index contributed by atoms with van der Waals surface area (Å²) in [6.07, 6.45) is -4.09. The molecule has 6 nitrogen and oxygen atoms in total. The summed E-state index contributed by atoms with van der Waals surface area (Å²) in [5.74, 6) is -2.04. The van der Waals surface area contributed by atoms with Crippen LogP contribution in [0.15, 0.2) is 53.2 Å². The van der Waals surface area contributed by atoms with Crippen molar-refractivity contribution >= 4 is 29.1 Å². The molecule has 0 saturated carbocycles. The van der Waals surface area contributed by atoms with Gasteiger partial charge in [0.2, 0.25) is 0 Å². The second kappa shape index (κ2) is 8.53. The fourth-order valence-electron chi connectivity index (χ4n) is 3.30. The molecule has 0 saturated heterocycles. The van der Waals surface area contributed by atoms with Gasteiger partial charge in [-0.05, 0) is 30.3 Å². The van der Waals surface area contributed by atoms with Gasteiger partial charge >= 0.3 is 6.18 Å². The second-order valence-electron chi connectivity index (χ2n) is 6.71. The maximum absolute atomic E-state index is 14.1. The van der Waals surface area contributed by atoms with Crippen LogP contribution >= 0.6 is 23.2 Å². The average Bonchev–Trinajstić information content (AvgIpc) is 3.37. The summed E-state index contributed by atoms with van der Waals surface area (Å²) in [7, 11) is 1.29. The Morgan fingerprint density at radius 3 is 2.39 bits per heavy atom. The third-order valence-corrected chi connectivity index (χ3v) is 5.31. The maximum Gasteiger partial charge on any atom is 0.434 e. The highest BCUT2D eigenvalue weighted by molar-refractivity contribution is 6.39. The van der Waals surface area contributed by atoms with E-state index in [2.05, 4.69) is 15.6 Å². The smallest absolute Gasteiger partial charge is 0.355 e. The van der Waals surface area contributed by atoms with E-state index in [1.807, 2.05) is 0 Å². The molecule has 1 N–H and O–H groups in total. The molecule has 170 valence electrons. The fraction of sp³-hybridized carbons (Fsp3) is 0.0952. The maximum atomic E-state index is 14.1. The van der Waals surface area contributed by atoms with Crippen molar-refractivity contribution in [2.75, 3.05) is 7.05 Å². The minimum Gasteiger partial charge on any atom is -0.355 e. The number of hydrogen-bond donors (Lipinski definition) is 1. The summed E-state index contributed by atoms with van der Waals surface area (Å²) in [5.41, 5.74) is -2.40. The van der Waals surface area contributed by atoms with Gasteiger partial charge in [0.15, 0.2) is 11.5 Å². The number of rotatable bonds is 4. The number of alkyl halides is 3. The van der Waals surface area contributed by atoms with Crippen LogP contribution in [-0.4, -0.2) is 27.9 Å². The monoisotopic (exact) mass is 498 g/mol. The first-order valence-electron chi connectivity index (χ1n) is 9.21. The molecule has 0 aliphatic rings. The lowest BCUT2D eigenvalue weighted by atomic mass is 10.0. The molecule has 0 spiro atoms. The number of benzene rings is 2. The summed E-state index contributed by atoms with van der Waals surface area (Å²) in [5, 5.41) is 10.1. The summed E-state index contributed by atoms with van der Waals surface area (Å²) in [6, 6.07) is 8.99. The lowest BCUT2D eigenvalue weighted by Gasteiger charge is -2.12. The van der Waals surface area contributed by atoms with Gasteiger partial charge in [0.1, 0.15) is 17.1 Å². The molecule has 0 radical (unpaired) electrons. The van der Waals surface area contributed by atoms with E-state index in [1.165, 1.54) is 31.3 Å². The molecule has 4 rings (SSSR count). The van der Waals surface area contributed by atoms with Gasteiger partial charge in [-0.1, -0.05) is 40.5 Å². The number of nitrogens with one attached hydrogen (secondary N) is 1. The Morgan fingerprint density at radius 2 is 1.79 bits per heavy atom. The predicted molar refractivity (Wildman–Crippen MR) is 113 cm³/mol. The van der Waals surface area contributed by atoms with E-state index in [-0.39, 0.29) is 32.6 Å². The first kappa shape index (κ1) is 22.8. The van der Waals surface area contributed by atoms with E-state index in [0.717, 1.165) is 18.3 Å². The molecule has 0 unspecified atom stereocenters. The summed E-state index contributed by atoms with van der Waals surface area (Å²) >= 11 is 12.4. The van der Waals surface area contributed by atoms with Gasteiger partial charge in [-0.15, -0.1) is 0 Å². The van der Waals surface area contributed by atoms with Crippen molar-refractivity contribution < 1.29 is 26.9 Å². The molecule has 0 bridgehead atoms. The molecular weight excluding hydrogens is 487 g/mol. The summed E-state index contributed by atoms with van der Waals surface area (Å²) in [6.45, 7) is 0. The van der Waals surface area contributed by atoms with Crippen molar-refractivity contribution in [2.45, 2.75) is 6.18 Å². The van der Waals surface area contributed by atoms with Crippen LogP contribution in [0.1, 0.15) is 16.1 Å². The van der Waals surface area contributed by atoms with Crippen LogP contribution in [0, 0.1) is 5.82 Å². The fourth-order valence-corrected chi connectivity index (χ4v) is 3.87. The minimum atomic E-state index is -4.95. The minimum absolute atomic E-state index is 0.110. The third kappa shape index (κ3) is 4.07. The molecule has 4 aromatic rings. The van der Waals surface area contributed by atoms with Crippen LogP contribution < -0.4 is 5.32 Å². The Kier molecular flexibility index (Phi) is 5.89. The Bertz CT molecular complexity index is 1340. The SMILES string of the molecule is CNC(=O)c1c(-c2c(Cl)cccc2Cl)noc1-c1cnn(-c2cccc(F)c2)c1C(F)(F)F. The van der Waals surface area contributed by atoms with Gasteiger partial charge in [0.05, 0.1) is 27.5 Å². The quantitative estimate of drug-likeness (QED) is 0.349. The number of halogens is 6. The Morgan fingerprint density at radius 1 is 1.12 bits per heavy atom.